The number of rotatable bonds is 3. The molecule has 0 bridgehead atoms. The van der Waals surface area contributed by atoms with Crippen LogP contribution in [-0.4, -0.2) is 5.78 Å². The van der Waals surface area contributed by atoms with Gasteiger partial charge in [0.2, 0.25) is 0 Å². The number of ketones is 1. The van der Waals surface area contributed by atoms with Crippen molar-refractivity contribution >= 4 is 54.5 Å². The summed E-state index contributed by atoms with van der Waals surface area (Å²) in [5, 5.41) is 3.30. The highest BCUT2D eigenvalue weighted by Gasteiger charge is 2.14. The molecule has 0 saturated heterocycles. The van der Waals surface area contributed by atoms with Crippen molar-refractivity contribution in [2.24, 2.45) is 0 Å². The maximum absolute atomic E-state index is 12.3. The highest BCUT2D eigenvalue weighted by Crippen LogP contribution is 2.30. The Bertz CT molecular complexity index is 735. The molecule has 0 amide bonds. The van der Waals surface area contributed by atoms with E-state index in [9.17, 15) is 4.79 Å². The van der Waals surface area contributed by atoms with Crippen LogP contribution in [0.25, 0.3) is 10.1 Å². The second-order valence-corrected chi connectivity index (χ2v) is 7.71. The lowest BCUT2D eigenvalue weighted by Crippen LogP contribution is -2.00. The molecule has 0 atom stereocenters. The SMILES string of the molecule is Cc1cc(C(=O)Cc2csc3ccccc23)sc1Br. The maximum atomic E-state index is 12.3. The fraction of sp³-hybridized carbons (Fsp3) is 0.133. The summed E-state index contributed by atoms with van der Waals surface area (Å²) in [4.78, 5) is 13.1. The molecule has 0 spiro atoms. The number of carbonyl (C=O) groups is 1. The van der Waals surface area contributed by atoms with Crippen LogP contribution in [0.1, 0.15) is 20.8 Å². The van der Waals surface area contributed by atoms with Crippen LogP contribution in [0, 0.1) is 6.92 Å². The fourth-order valence-electron chi connectivity index (χ4n) is 2.03. The molecule has 2 heterocycles. The molecule has 0 aliphatic rings. The number of fused-ring (bicyclic) bond motifs is 1. The van der Waals surface area contributed by atoms with E-state index in [1.54, 1.807) is 11.3 Å². The quantitative estimate of drug-likeness (QED) is 0.573. The minimum atomic E-state index is 0.197. The summed E-state index contributed by atoms with van der Waals surface area (Å²) in [6.45, 7) is 2.01. The number of hydrogen-bond donors (Lipinski definition) is 0. The second kappa shape index (κ2) is 5.19. The minimum absolute atomic E-state index is 0.197. The zero-order valence-corrected chi connectivity index (χ0v) is 13.5. The predicted molar refractivity (Wildman–Crippen MR) is 86.6 cm³/mol. The zero-order valence-electron chi connectivity index (χ0n) is 10.3. The van der Waals surface area contributed by atoms with Crippen molar-refractivity contribution in [2.75, 3.05) is 0 Å². The number of carbonyl (C=O) groups excluding carboxylic acids is 1. The van der Waals surface area contributed by atoms with Gasteiger partial charge in [-0.1, -0.05) is 18.2 Å². The second-order valence-electron chi connectivity index (χ2n) is 4.42. The Morgan fingerprint density at radius 3 is 2.84 bits per heavy atom. The standard InChI is InChI=1S/C15H11BrOS2/c1-9-6-14(19-15(9)16)12(17)7-10-8-18-13-5-3-2-4-11(10)13/h2-6,8H,7H2,1H3. The molecular formula is C15H11BrOS2. The first-order valence-electron chi connectivity index (χ1n) is 5.89. The molecule has 4 heteroatoms. The molecule has 0 radical (unpaired) electrons. The Hall–Kier alpha value is -0.970. The van der Waals surface area contributed by atoms with Crippen LogP contribution >= 0.6 is 38.6 Å². The first kappa shape index (κ1) is 13.0. The van der Waals surface area contributed by atoms with Crippen molar-refractivity contribution < 1.29 is 4.79 Å². The molecule has 96 valence electrons. The Balaban J connectivity index is 1.90. The molecule has 1 nitrogen and oxygen atoms in total. The van der Waals surface area contributed by atoms with Crippen LogP contribution in [-0.2, 0) is 6.42 Å². The molecule has 0 aliphatic carbocycles. The van der Waals surface area contributed by atoms with Gasteiger partial charge in [0.25, 0.3) is 0 Å². The summed E-state index contributed by atoms with van der Waals surface area (Å²) in [6.07, 6.45) is 0.483. The van der Waals surface area contributed by atoms with Crippen LogP contribution in [0.3, 0.4) is 0 Å². The average Bonchev–Trinajstić information content (AvgIpc) is 2.95. The topological polar surface area (TPSA) is 17.1 Å². The van der Waals surface area contributed by atoms with E-state index in [1.165, 1.54) is 21.4 Å². The van der Waals surface area contributed by atoms with E-state index in [0.717, 1.165) is 19.8 Å². The van der Waals surface area contributed by atoms with Gasteiger partial charge < -0.3 is 0 Å². The highest BCUT2D eigenvalue weighted by molar-refractivity contribution is 9.11. The molecule has 0 saturated carbocycles. The molecule has 3 rings (SSSR count). The third kappa shape index (κ3) is 2.53. The molecule has 0 aliphatic heterocycles. The van der Waals surface area contributed by atoms with E-state index in [-0.39, 0.29) is 5.78 Å². The normalized spacial score (nSPS) is 11.1. The van der Waals surface area contributed by atoms with Crippen LogP contribution in [0.2, 0.25) is 0 Å². The van der Waals surface area contributed by atoms with Crippen LogP contribution < -0.4 is 0 Å². The van der Waals surface area contributed by atoms with Gasteiger partial charge in [0.05, 0.1) is 8.66 Å². The predicted octanol–water partition coefficient (Wildman–Crippen LogP) is 5.46. The molecule has 3 aromatic rings. The molecule has 0 unspecified atom stereocenters. The van der Waals surface area contributed by atoms with E-state index in [2.05, 4.69) is 33.4 Å². The van der Waals surface area contributed by atoms with Crippen molar-refractivity contribution in [3.63, 3.8) is 0 Å². The fourth-order valence-corrected chi connectivity index (χ4v) is 4.46. The van der Waals surface area contributed by atoms with Gasteiger partial charge in [0, 0.05) is 11.1 Å². The summed E-state index contributed by atoms with van der Waals surface area (Å²) >= 11 is 6.69. The van der Waals surface area contributed by atoms with E-state index in [4.69, 9.17) is 0 Å². The number of Topliss-reactive ketones (excluding diaryl/α,β-unsaturated/α-hetero) is 1. The summed E-state index contributed by atoms with van der Waals surface area (Å²) in [6, 6.07) is 10.2. The minimum Gasteiger partial charge on any atom is -0.293 e. The van der Waals surface area contributed by atoms with E-state index in [1.807, 2.05) is 25.1 Å². The molecule has 19 heavy (non-hydrogen) atoms. The Kier molecular flexibility index (Phi) is 3.56. The van der Waals surface area contributed by atoms with Crippen molar-refractivity contribution in [3.8, 4) is 0 Å². The van der Waals surface area contributed by atoms with Gasteiger partial charge in [0.1, 0.15) is 0 Å². The first-order valence-corrected chi connectivity index (χ1v) is 8.38. The van der Waals surface area contributed by atoms with Gasteiger partial charge in [-0.25, -0.2) is 0 Å². The summed E-state index contributed by atoms with van der Waals surface area (Å²) < 4.78 is 2.29. The number of halogens is 1. The smallest absolute Gasteiger partial charge is 0.177 e. The molecule has 1 aromatic carbocycles. The molecule has 0 N–H and O–H groups in total. The summed E-state index contributed by atoms with van der Waals surface area (Å²) in [5.74, 6) is 0.197. The average molecular weight is 351 g/mol. The van der Waals surface area contributed by atoms with Crippen LogP contribution in [0.15, 0.2) is 39.5 Å². The van der Waals surface area contributed by atoms with Crippen LogP contribution in [0.5, 0.6) is 0 Å². The number of thiophene rings is 2. The lowest BCUT2D eigenvalue weighted by molar-refractivity contribution is 0.0997. The Morgan fingerprint density at radius 1 is 1.32 bits per heavy atom. The molecular weight excluding hydrogens is 340 g/mol. The monoisotopic (exact) mass is 350 g/mol. The lowest BCUT2D eigenvalue weighted by atomic mass is 10.1. The maximum Gasteiger partial charge on any atom is 0.177 e. The number of aryl methyl sites for hydroxylation is 1. The first-order chi connectivity index (χ1) is 9.15. The van der Waals surface area contributed by atoms with Crippen LogP contribution in [0.4, 0.5) is 0 Å². The summed E-state index contributed by atoms with van der Waals surface area (Å²) in [7, 11) is 0. The van der Waals surface area contributed by atoms with Crippen molar-refractivity contribution in [2.45, 2.75) is 13.3 Å². The zero-order chi connectivity index (χ0) is 13.4. The van der Waals surface area contributed by atoms with Gasteiger partial charge in [0.15, 0.2) is 5.78 Å². The van der Waals surface area contributed by atoms with Gasteiger partial charge >= 0.3 is 0 Å². The van der Waals surface area contributed by atoms with Gasteiger partial charge in [-0.05, 0) is 56.9 Å². The van der Waals surface area contributed by atoms with Crippen molar-refractivity contribution in [1.82, 2.24) is 0 Å². The third-order valence-corrected chi connectivity index (χ3v) is 6.23. The van der Waals surface area contributed by atoms with Gasteiger partial charge in [-0.3, -0.25) is 4.79 Å². The van der Waals surface area contributed by atoms with Crippen molar-refractivity contribution in [1.29, 1.82) is 0 Å². The molecule has 0 fully saturated rings. The largest absolute Gasteiger partial charge is 0.293 e. The number of benzene rings is 1. The molecule has 2 aromatic heterocycles. The van der Waals surface area contributed by atoms with Gasteiger partial charge in [-0.15, -0.1) is 22.7 Å². The lowest BCUT2D eigenvalue weighted by Gasteiger charge is -1.97. The Morgan fingerprint density at radius 2 is 2.11 bits per heavy atom. The highest BCUT2D eigenvalue weighted by atomic mass is 79.9. The van der Waals surface area contributed by atoms with E-state index < -0.39 is 0 Å². The van der Waals surface area contributed by atoms with E-state index >= 15 is 0 Å². The summed E-state index contributed by atoms with van der Waals surface area (Å²) in [5.41, 5.74) is 2.26. The van der Waals surface area contributed by atoms with Gasteiger partial charge in [-0.2, -0.15) is 0 Å². The third-order valence-electron chi connectivity index (χ3n) is 3.04. The van der Waals surface area contributed by atoms with E-state index in [0.29, 0.717) is 6.42 Å². The number of hydrogen-bond acceptors (Lipinski definition) is 3. The Labute approximate surface area is 128 Å². The van der Waals surface area contributed by atoms with Crippen molar-refractivity contribution in [3.05, 3.63) is 55.5 Å².